The number of aliphatic hydroxyl groups is 1. The van der Waals surface area contributed by atoms with Gasteiger partial charge in [-0.25, -0.2) is 24.9 Å². The van der Waals surface area contributed by atoms with Gasteiger partial charge in [-0.1, -0.05) is 0 Å². The predicted octanol–water partition coefficient (Wildman–Crippen LogP) is 2.21. The lowest BCUT2D eigenvalue weighted by molar-refractivity contribution is 0.0533. The zero-order valence-corrected chi connectivity index (χ0v) is 15.0. The molecule has 2 heterocycles. The van der Waals surface area contributed by atoms with Crippen LogP contribution < -0.4 is 10.1 Å². The first-order chi connectivity index (χ1) is 11.2. The van der Waals surface area contributed by atoms with E-state index in [9.17, 15) is 9.59 Å². The van der Waals surface area contributed by atoms with Crippen LogP contribution in [0.25, 0.3) is 11.0 Å². The van der Waals surface area contributed by atoms with E-state index in [0.717, 1.165) is 0 Å². The number of carbonyl (C=O) groups excluding carboxylic acids is 2. The average molecular weight is 401 g/mol. The van der Waals surface area contributed by atoms with Gasteiger partial charge in [0.1, 0.15) is 17.6 Å². The van der Waals surface area contributed by atoms with Crippen LogP contribution in [0.1, 0.15) is 20.8 Å². The monoisotopic (exact) mass is 400 g/mol. The van der Waals surface area contributed by atoms with Crippen molar-refractivity contribution in [2.24, 2.45) is 0 Å². The third-order valence-electron chi connectivity index (χ3n) is 2.71. The topological polar surface area (TPSA) is 116 Å². The maximum absolute atomic E-state index is 11.8. The number of hydrogen-bond acceptors (Lipinski definition) is 7. The first-order valence-corrected chi connectivity index (χ1v) is 7.82. The first-order valence-electron chi connectivity index (χ1n) is 7.03. The Hall–Kier alpha value is -2.20. The summed E-state index contributed by atoms with van der Waals surface area (Å²) in [5, 5.41) is 11.5. The van der Waals surface area contributed by atoms with Crippen LogP contribution in [-0.4, -0.2) is 44.0 Å². The van der Waals surface area contributed by atoms with Crippen LogP contribution in [0.5, 0.6) is 5.88 Å². The van der Waals surface area contributed by atoms with E-state index in [1.165, 1.54) is 6.33 Å². The fourth-order valence-electron chi connectivity index (χ4n) is 1.91. The van der Waals surface area contributed by atoms with Crippen LogP contribution in [0.3, 0.4) is 0 Å². The summed E-state index contributed by atoms with van der Waals surface area (Å²) >= 11 is 3.33. The normalized spacial score (nSPS) is 11.4. The van der Waals surface area contributed by atoms with Crippen LogP contribution in [0.15, 0.2) is 17.0 Å². The minimum Gasteiger partial charge on any atom is -0.443 e. The largest absolute Gasteiger partial charge is 0.443 e. The highest BCUT2D eigenvalue weighted by molar-refractivity contribution is 9.10. The van der Waals surface area contributed by atoms with Gasteiger partial charge in [-0.3, -0.25) is 0 Å². The highest BCUT2D eigenvalue weighted by Gasteiger charge is 2.21. The van der Waals surface area contributed by atoms with Crippen molar-refractivity contribution in [2.75, 3.05) is 6.61 Å². The number of nitrogens with zero attached hydrogens (tertiary/aromatic N) is 3. The molecule has 0 aromatic carbocycles. The molecule has 2 amide bonds. The Morgan fingerprint density at radius 2 is 2.04 bits per heavy atom. The van der Waals surface area contributed by atoms with Gasteiger partial charge in [0.2, 0.25) is 5.88 Å². The summed E-state index contributed by atoms with van der Waals surface area (Å²) in [4.78, 5) is 31.4. The molecule has 9 nitrogen and oxygen atoms in total. The van der Waals surface area contributed by atoms with Crippen LogP contribution in [-0.2, 0) is 11.3 Å². The molecule has 2 aromatic heterocycles. The summed E-state index contributed by atoms with van der Waals surface area (Å²) in [5.74, 6) is -0.0235. The van der Waals surface area contributed by atoms with E-state index in [-0.39, 0.29) is 12.5 Å². The van der Waals surface area contributed by atoms with Crippen molar-refractivity contribution in [3.63, 3.8) is 0 Å². The first kappa shape index (κ1) is 18.1. The lowest BCUT2D eigenvalue weighted by Crippen LogP contribution is -2.38. The number of amides is 2. The number of ether oxygens (including phenoxy) is 2. The van der Waals surface area contributed by atoms with E-state index < -0.39 is 17.8 Å². The number of rotatable bonds is 3. The molecule has 2 rings (SSSR count). The average Bonchev–Trinajstić information content (AvgIpc) is 2.74. The lowest BCUT2D eigenvalue weighted by atomic mass is 10.2. The molecule has 0 aliphatic carbocycles. The molecule has 24 heavy (non-hydrogen) atoms. The van der Waals surface area contributed by atoms with Crippen molar-refractivity contribution in [1.82, 2.24) is 19.9 Å². The van der Waals surface area contributed by atoms with Crippen LogP contribution in [0.2, 0.25) is 0 Å². The number of carbonyl (C=O) groups is 2. The Balaban J connectivity index is 2.18. The molecule has 0 saturated carbocycles. The van der Waals surface area contributed by atoms with Gasteiger partial charge in [0.15, 0.2) is 0 Å². The van der Waals surface area contributed by atoms with Gasteiger partial charge in [0.25, 0.3) is 0 Å². The summed E-state index contributed by atoms with van der Waals surface area (Å²) in [7, 11) is 0. The summed E-state index contributed by atoms with van der Waals surface area (Å²) in [6.45, 7) is 5.27. The number of imide groups is 1. The van der Waals surface area contributed by atoms with Crippen LogP contribution >= 0.6 is 15.9 Å². The van der Waals surface area contributed by atoms with Crippen molar-refractivity contribution in [3.8, 4) is 5.88 Å². The maximum atomic E-state index is 11.8. The van der Waals surface area contributed by atoms with Gasteiger partial charge < -0.3 is 19.1 Å². The van der Waals surface area contributed by atoms with E-state index in [1.807, 2.05) is 5.32 Å². The fraction of sp³-hybridized carbons (Fsp3) is 0.429. The number of hydrogen-bond donors (Lipinski definition) is 2. The van der Waals surface area contributed by atoms with Gasteiger partial charge in [-0.05, 0) is 36.7 Å². The molecule has 2 N–H and O–H groups in total. The Bertz CT molecular complexity index is 768. The Kier molecular flexibility index (Phi) is 5.40. The molecule has 0 saturated heterocycles. The molecule has 0 spiro atoms. The molecule has 10 heteroatoms. The SMILES string of the molecule is CC(C)(C)OC(=O)NC(=O)Oc1ncnc2c1c(Br)cn2CCO. The van der Waals surface area contributed by atoms with E-state index in [4.69, 9.17) is 14.6 Å². The number of aromatic nitrogens is 3. The van der Waals surface area contributed by atoms with Gasteiger partial charge in [0.05, 0.1) is 16.5 Å². The highest BCUT2D eigenvalue weighted by atomic mass is 79.9. The summed E-state index contributed by atoms with van der Waals surface area (Å²) in [6, 6.07) is 0. The van der Waals surface area contributed by atoms with Crippen LogP contribution in [0.4, 0.5) is 9.59 Å². The quantitative estimate of drug-likeness (QED) is 0.810. The molecule has 0 atom stereocenters. The molecule has 130 valence electrons. The minimum absolute atomic E-state index is 0.0235. The van der Waals surface area contributed by atoms with Gasteiger partial charge in [-0.15, -0.1) is 0 Å². The maximum Gasteiger partial charge on any atom is 0.423 e. The smallest absolute Gasteiger partial charge is 0.423 e. The van der Waals surface area contributed by atoms with E-state index in [2.05, 4.69) is 25.9 Å². The lowest BCUT2D eigenvalue weighted by Gasteiger charge is -2.18. The number of alkyl carbamates (subject to hydrolysis) is 1. The zero-order chi connectivity index (χ0) is 17.9. The molecule has 0 radical (unpaired) electrons. The van der Waals surface area contributed by atoms with Gasteiger partial charge in [0, 0.05) is 12.7 Å². The Labute approximate surface area is 146 Å². The van der Waals surface area contributed by atoms with E-state index in [0.29, 0.717) is 22.1 Å². The van der Waals surface area contributed by atoms with E-state index in [1.54, 1.807) is 31.5 Å². The Morgan fingerprint density at radius 3 is 2.67 bits per heavy atom. The predicted molar refractivity (Wildman–Crippen MR) is 87.7 cm³/mol. The number of nitrogens with one attached hydrogen (secondary N) is 1. The standard InChI is InChI=1S/C14H17BrN4O5/c1-14(2,3)24-13(22)18-12(21)23-11-9-8(15)6-19(4-5-20)10(9)16-7-17-11/h6-7,20H,4-5H2,1-3H3,(H,18,21,22). The molecular formula is C14H17BrN4O5. The highest BCUT2D eigenvalue weighted by Crippen LogP contribution is 2.31. The number of aliphatic hydroxyl groups excluding tert-OH is 1. The summed E-state index contributed by atoms with van der Waals surface area (Å²) < 4.78 is 12.3. The third-order valence-corrected chi connectivity index (χ3v) is 3.31. The summed E-state index contributed by atoms with van der Waals surface area (Å²) in [6.07, 6.45) is 0.966. The van der Waals surface area contributed by atoms with Crippen molar-refractivity contribution in [2.45, 2.75) is 32.9 Å². The minimum atomic E-state index is -1.02. The van der Waals surface area contributed by atoms with Gasteiger partial charge >= 0.3 is 12.2 Å². The molecule has 0 bridgehead atoms. The molecule has 0 aliphatic rings. The van der Waals surface area contributed by atoms with Crippen molar-refractivity contribution in [1.29, 1.82) is 0 Å². The van der Waals surface area contributed by atoms with Crippen LogP contribution in [0, 0.1) is 0 Å². The summed E-state index contributed by atoms with van der Waals surface area (Å²) in [5.41, 5.74) is -0.261. The number of halogens is 1. The third kappa shape index (κ3) is 4.42. The Morgan fingerprint density at radius 1 is 1.33 bits per heavy atom. The second-order valence-corrected chi connectivity index (χ2v) is 6.64. The molecule has 0 unspecified atom stereocenters. The molecular weight excluding hydrogens is 384 g/mol. The van der Waals surface area contributed by atoms with Crippen molar-refractivity contribution in [3.05, 3.63) is 17.0 Å². The second kappa shape index (κ2) is 7.14. The molecule has 0 aliphatic heterocycles. The molecule has 0 fully saturated rings. The molecule has 2 aromatic rings. The second-order valence-electron chi connectivity index (χ2n) is 5.79. The fourth-order valence-corrected chi connectivity index (χ4v) is 2.50. The van der Waals surface area contributed by atoms with Crippen molar-refractivity contribution < 1.29 is 24.2 Å². The number of fused-ring (bicyclic) bond motifs is 1. The zero-order valence-electron chi connectivity index (χ0n) is 13.4. The van der Waals surface area contributed by atoms with Crippen molar-refractivity contribution >= 4 is 39.1 Å². The van der Waals surface area contributed by atoms with Gasteiger partial charge in [-0.2, -0.15) is 0 Å². The van der Waals surface area contributed by atoms with E-state index >= 15 is 0 Å².